The van der Waals surface area contributed by atoms with Crippen molar-refractivity contribution in [3.05, 3.63) is 34.6 Å². The lowest BCUT2D eigenvalue weighted by molar-refractivity contribution is 0.146. The van der Waals surface area contributed by atoms with Gasteiger partial charge in [-0.05, 0) is 55.1 Å². The second kappa shape index (κ2) is 4.37. The minimum absolute atomic E-state index is 0.153. The molecule has 3 atom stereocenters. The van der Waals surface area contributed by atoms with E-state index in [1.807, 2.05) is 0 Å². The van der Waals surface area contributed by atoms with Gasteiger partial charge in [0.2, 0.25) is 0 Å². The molecule has 0 N–H and O–H groups in total. The van der Waals surface area contributed by atoms with Crippen LogP contribution >= 0.6 is 0 Å². The van der Waals surface area contributed by atoms with Gasteiger partial charge in [-0.1, -0.05) is 31.6 Å². The summed E-state index contributed by atoms with van der Waals surface area (Å²) < 4.78 is 0. The Morgan fingerprint density at radius 1 is 1.32 bits per heavy atom. The van der Waals surface area contributed by atoms with Gasteiger partial charge in [0, 0.05) is 29.9 Å². The normalized spacial score (nSPS) is 40.9. The first-order valence-electron chi connectivity index (χ1n) is 9.08. The van der Waals surface area contributed by atoms with E-state index in [9.17, 15) is 0 Å². The highest BCUT2D eigenvalue weighted by Crippen LogP contribution is 2.56. The van der Waals surface area contributed by atoms with Crippen molar-refractivity contribution in [1.82, 2.24) is 4.90 Å². The van der Waals surface area contributed by atoms with E-state index in [1.165, 1.54) is 38.6 Å². The second-order valence-corrected chi connectivity index (χ2v) is 8.15. The Labute approximate surface area is 133 Å². The molecular formula is C20H26N2. The van der Waals surface area contributed by atoms with Crippen LogP contribution in [0.25, 0.3) is 0 Å². The summed E-state index contributed by atoms with van der Waals surface area (Å²) in [5.74, 6) is 1.62. The summed E-state index contributed by atoms with van der Waals surface area (Å²) in [6.45, 7) is 7.10. The minimum atomic E-state index is 0.153. The third-order valence-electron chi connectivity index (χ3n) is 6.95. The first-order chi connectivity index (χ1) is 10.7. The predicted octanol–water partition coefficient (Wildman–Crippen LogP) is 4.11. The third kappa shape index (κ3) is 1.64. The Kier molecular flexibility index (Phi) is 2.61. The number of fused-ring (bicyclic) bond motifs is 1. The fourth-order valence-electron chi connectivity index (χ4n) is 5.31. The standard InChI is InChI=1S/C20H26N2/c1-13-19-10-16-15-4-3-9-21-12-20(13,2)17(15)7-8-18(16)22(19)11-14-5-6-14/h3-4,12-14,19H,5-11H2,1-2H3/b4-3-,21-12?. The molecule has 22 heavy (non-hydrogen) atoms. The van der Waals surface area contributed by atoms with Gasteiger partial charge in [0.25, 0.3) is 0 Å². The Bertz CT molecular complexity index is 647. The molecule has 5 rings (SSSR count). The van der Waals surface area contributed by atoms with Crippen LogP contribution in [0.3, 0.4) is 0 Å². The van der Waals surface area contributed by atoms with Crippen LogP contribution in [-0.4, -0.2) is 30.2 Å². The van der Waals surface area contributed by atoms with E-state index in [-0.39, 0.29) is 5.41 Å². The van der Waals surface area contributed by atoms with E-state index in [0.29, 0.717) is 12.0 Å². The second-order valence-electron chi connectivity index (χ2n) is 8.15. The molecule has 2 heterocycles. The lowest BCUT2D eigenvalue weighted by Crippen LogP contribution is -2.46. The summed E-state index contributed by atoms with van der Waals surface area (Å²) in [5.41, 5.74) is 6.80. The van der Waals surface area contributed by atoms with E-state index >= 15 is 0 Å². The van der Waals surface area contributed by atoms with Gasteiger partial charge >= 0.3 is 0 Å². The number of aliphatic imine (C=N–C) groups is 1. The van der Waals surface area contributed by atoms with Gasteiger partial charge in [-0.2, -0.15) is 0 Å². The van der Waals surface area contributed by atoms with Gasteiger partial charge in [0.15, 0.2) is 0 Å². The summed E-state index contributed by atoms with van der Waals surface area (Å²) in [7, 11) is 0. The van der Waals surface area contributed by atoms with Gasteiger partial charge in [-0.25, -0.2) is 0 Å². The average molecular weight is 294 g/mol. The van der Waals surface area contributed by atoms with Crippen molar-refractivity contribution in [2.75, 3.05) is 13.1 Å². The largest absolute Gasteiger partial charge is 0.371 e. The first kappa shape index (κ1) is 13.2. The lowest BCUT2D eigenvalue weighted by Gasteiger charge is -2.46. The highest BCUT2D eigenvalue weighted by atomic mass is 15.2. The number of nitrogens with zero attached hydrogens (tertiary/aromatic N) is 2. The SMILES string of the molecule is CC1C2CC3=C(CCC4=C3/C=C\CN=CC41C)N2CC1CC1. The Morgan fingerprint density at radius 2 is 2.18 bits per heavy atom. The molecule has 5 bridgehead atoms. The molecule has 1 fully saturated rings. The molecule has 0 aromatic carbocycles. The quantitative estimate of drug-likeness (QED) is 0.748. The summed E-state index contributed by atoms with van der Waals surface area (Å²) in [5, 5.41) is 0. The smallest absolute Gasteiger partial charge is 0.0570 e. The van der Waals surface area contributed by atoms with E-state index in [2.05, 4.69) is 37.1 Å². The summed E-state index contributed by atoms with van der Waals surface area (Å²) in [4.78, 5) is 7.56. The molecule has 0 saturated heterocycles. The van der Waals surface area contributed by atoms with Crippen LogP contribution in [0, 0.1) is 17.3 Å². The summed E-state index contributed by atoms with van der Waals surface area (Å²) in [6, 6.07) is 0.696. The summed E-state index contributed by atoms with van der Waals surface area (Å²) >= 11 is 0. The first-order valence-corrected chi connectivity index (χ1v) is 9.08. The number of hydrogen-bond donors (Lipinski definition) is 0. The molecule has 116 valence electrons. The van der Waals surface area contributed by atoms with E-state index in [1.54, 1.807) is 22.4 Å². The Morgan fingerprint density at radius 3 is 3.00 bits per heavy atom. The zero-order valence-electron chi connectivity index (χ0n) is 13.8. The molecule has 2 aliphatic heterocycles. The monoisotopic (exact) mass is 294 g/mol. The average Bonchev–Trinajstić information content (AvgIpc) is 3.24. The van der Waals surface area contributed by atoms with Crippen LogP contribution in [-0.2, 0) is 0 Å². The van der Waals surface area contributed by atoms with Gasteiger partial charge in [0.05, 0.1) is 6.54 Å². The van der Waals surface area contributed by atoms with E-state index in [4.69, 9.17) is 4.99 Å². The molecule has 2 nitrogen and oxygen atoms in total. The molecule has 3 unspecified atom stereocenters. The molecule has 0 aromatic rings. The fraction of sp³-hybridized carbons (Fsp3) is 0.650. The van der Waals surface area contributed by atoms with E-state index in [0.717, 1.165) is 12.5 Å². The maximum atomic E-state index is 4.73. The Hall–Kier alpha value is -1.31. The van der Waals surface area contributed by atoms with Crippen molar-refractivity contribution in [3.8, 4) is 0 Å². The zero-order chi connectivity index (χ0) is 14.9. The topological polar surface area (TPSA) is 15.6 Å². The lowest BCUT2D eigenvalue weighted by atomic mass is 9.66. The molecule has 0 spiro atoms. The molecule has 0 aromatic heterocycles. The fourth-order valence-corrected chi connectivity index (χ4v) is 5.31. The zero-order valence-corrected chi connectivity index (χ0v) is 13.8. The maximum absolute atomic E-state index is 4.73. The highest BCUT2D eigenvalue weighted by molar-refractivity contribution is 5.75. The van der Waals surface area contributed by atoms with Gasteiger partial charge < -0.3 is 4.90 Å². The van der Waals surface area contributed by atoms with Crippen LogP contribution in [0.15, 0.2) is 39.6 Å². The molecule has 5 aliphatic rings. The van der Waals surface area contributed by atoms with Crippen molar-refractivity contribution in [3.63, 3.8) is 0 Å². The highest BCUT2D eigenvalue weighted by Gasteiger charge is 2.51. The van der Waals surface area contributed by atoms with Gasteiger partial charge in [-0.15, -0.1) is 0 Å². The maximum Gasteiger partial charge on any atom is 0.0570 e. The minimum Gasteiger partial charge on any atom is -0.371 e. The molecule has 2 heteroatoms. The van der Waals surface area contributed by atoms with Crippen molar-refractivity contribution >= 4 is 6.21 Å². The van der Waals surface area contributed by atoms with Crippen LogP contribution in [0.2, 0.25) is 0 Å². The predicted molar refractivity (Wildman–Crippen MR) is 90.9 cm³/mol. The molecule has 3 aliphatic carbocycles. The molecule has 0 radical (unpaired) electrons. The van der Waals surface area contributed by atoms with Crippen LogP contribution in [0.5, 0.6) is 0 Å². The van der Waals surface area contributed by atoms with Crippen molar-refractivity contribution in [2.45, 2.75) is 52.0 Å². The molecule has 1 saturated carbocycles. The van der Waals surface area contributed by atoms with Crippen LogP contribution in [0.1, 0.15) is 46.0 Å². The van der Waals surface area contributed by atoms with Crippen molar-refractivity contribution in [2.24, 2.45) is 22.2 Å². The molecular weight excluding hydrogens is 268 g/mol. The number of rotatable bonds is 2. The van der Waals surface area contributed by atoms with Crippen molar-refractivity contribution in [1.29, 1.82) is 0 Å². The number of likely N-dealkylation sites (tertiary alicyclic amines) is 1. The Balaban J connectivity index is 1.71. The third-order valence-corrected chi connectivity index (χ3v) is 6.95. The number of allylic oxidation sites excluding steroid dienone is 4. The van der Waals surface area contributed by atoms with Gasteiger partial charge in [0.1, 0.15) is 0 Å². The van der Waals surface area contributed by atoms with Gasteiger partial charge in [-0.3, -0.25) is 4.99 Å². The molecule has 0 amide bonds. The number of hydrogen-bond acceptors (Lipinski definition) is 2. The van der Waals surface area contributed by atoms with E-state index < -0.39 is 0 Å². The van der Waals surface area contributed by atoms with Crippen LogP contribution in [0.4, 0.5) is 0 Å². The van der Waals surface area contributed by atoms with Crippen LogP contribution < -0.4 is 0 Å². The summed E-state index contributed by atoms with van der Waals surface area (Å²) in [6.07, 6.45) is 13.6. The van der Waals surface area contributed by atoms with Crippen molar-refractivity contribution < 1.29 is 0 Å².